The van der Waals surface area contributed by atoms with E-state index in [1.807, 2.05) is 7.05 Å². The van der Waals surface area contributed by atoms with Crippen LogP contribution in [0.5, 0.6) is 0 Å². The Morgan fingerprint density at radius 1 is 1.47 bits per heavy atom. The summed E-state index contributed by atoms with van der Waals surface area (Å²) in [4.78, 5) is 4.42. The number of hydrogen-bond donors (Lipinski definition) is 2. The van der Waals surface area contributed by atoms with Gasteiger partial charge in [-0.05, 0) is 0 Å². The van der Waals surface area contributed by atoms with E-state index in [1.54, 1.807) is 10.7 Å². The normalized spacial score (nSPS) is 11.2. The number of nitrogens with two attached hydrogens (primary N) is 1. The Morgan fingerprint density at radius 2 is 2.20 bits per heavy atom. The molecule has 0 spiro atoms. The van der Waals surface area contributed by atoms with Gasteiger partial charge in [0.05, 0.1) is 0 Å². The molecule has 0 aromatic carbocycles. The van der Waals surface area contributed by atoms with Crippen molar-refractivity contribution >= 4 is 5.82 Å². The van der Waals surface area contributed by atoms with Crippen LogP contribution in [0, 0.1) is 0 Å². The molecular weight excluding hydrogens is 192 g/mol. The largest absolute Gasteiger partial charge is 0.382 e. The number of aryl methyl sites for hydroxylation is 1. The Bertz CT molecular complexity index is 467. The van der Waals surface area contributed by atoms with Gasteiger partial charge in [-0.3, -0.25) is 5.10 Å². The minimum Gasteiger partial charge on any atom is -0.382 e. The zero-order chi connectivity index (χ0) is 11.0. The molecule has 0 radical (unpaired) electrons. The van der Waals surface area contributed by atoms with Crippen LogP contribution >= 0.6 is 0 Å². The second-order valence-corrected chi connectivity index (χ2v) is 3.78. The summed E-state index contributed by atoms with van der Waals surface area (Å²) in [6, 6.07) is 1.74. The van der Waals surface area contributed by atoms with E-state index < -0.39 is 0 Å². The second-order valence-electron chi connectivity index (χ2n) is 3.78. The molecule has 0 fully saturated rings. The maximum atomic E-state index is 5.53. The highest BCUT2D eigenvalue weighted by Crippen LogP contribution is 2.18. The first kappa shape index (κ1) is 9.70. The molecule has 2 heterocycles. The molecule has 0 saturated heterocycles. The van der Waals surface area contributed by atoms with Gasteiger partial charge in [-0.2, -0.15) is 10.2 Å². The first-order chi connectivity index (χ1) is 7.08. The minimum atomic E-state index is 0.310. The van der Waals surface area contributed by atoms with Gasteiger partial charge in [0, 0.05) is 19.0 Å². The summed E-state index contributed by atoms with van der Waals surface area (Å²) < 4.78 is 1.72. The lowest BCUT2D eigenvalue weighted by molar-refractivity contribution is 0.711. The van der Waals surface area contributed by atoms with Gasteiger partial charge in [-0.1, -0.05) is 13.8 Å². The quantitative estimate of drug-likeness (QED) is 0.764. The van der Waals surface area contributed by atoms with E-state index in [0.29, 0.717) is 11.7 Å². The van der Waals surface area contributed by atoms with E-state index in [4.69, 9.17) is 5.73 Å². The fourth-order valence-corrected chi connectivity index (χ4v) is 1.34. The summed E-state index contributed by atoms with van der Waals surface area (Å²) in [5.74, 6) is 2.34. The van der Waals surface area contributed by atoms with Crippen molar-refractivity contribution in [2.24, 2.45) is 7.05 Å². The first-order valence-electron chi connectivity index (χ1n) is 4.80. The van der Waals surface area contributed by atoms with Crippen molar-refractivity contribution in [2.75, 3.05) is 5.73 Å². The Kier molecular flexibility index (Phi) is 2.18. The molecule has 15 heavy (non-hydrogen) atoms. The molecule has 6 heteroatoms. The predicted molar refractivity (Wildman–Crippen MR) is 57.1 cm³/mol. The topological polar surface area (TPSA) is 85.4 Å². The zero-order valence-corrected chi connectivity index (χ0v) is 9.02. The SMILES string of the molecule is CC(C)c1nc(-c2cc(N)n[nH]2)n(C)n1. The highest BCUT2D eigenvalue weighted by molar-refractivity contribution is 5.54. The zero-order valence-electron chi connectivity index (χ0n) is 9.02. The number of nitrogens with zero attached hydrogens (tertiary/aromatic N) is 4. The Balaban J connectivity index is 2.44. The Labute approximate surface area is 87.5 Å². The van der Waals surface area contributed by atoms with Crippen molar-refractivity contribution in [3.05, 3.63) is 11.9 Å². The number of H-pyrrole nitrogens is 1. The van der Waals surface area contributed by atoms with Gasteiger partial charge in [0.15, 0.2) is 11.6 Å². The monoisotopic (exact) mass is 206 g/mol. The van der Waals surface area contributed by atoms with Crippen LogP contribution in [0.4, 0.5) is 5.82 Å². The molecule has 0 amide bonds. The van der Waals surface area contributed by atoms with Crippen LogP contribution in [0.15, 0.2) is 6.07 Å². The second kappa shape index (κ2) is 3.38. The fraction of sp³-hybridized carbons (Fsp3) is 0.444. The van der Waals surface area contributed by atoms with Crippen molar-refractivity contribution in [2.45, 2.75) is 19.8 Å². The summed E-state index contributed by atoms with van der Waals surface area (Å²) in [5.41, 5.74) is 6.32. The summed E-state index contributed by atoms with van der Waals surface area (Å²) in [6.45, 7) is 4.11. The molecule has 0 atom stereocenters. The number of aromatic nitrogens is 5. The van der Waals surface area contributed by atoms with Crippen molar-refractivity contribution in [1.29, 1.82) is 0 Å². The number of aromatic amines is 1. The van der Waals surface area contributed by atoms with Crippen molar-refractivity contribution in [1.82, 2.24) is 25.0 Å². The van der Waals surface area contributed by atoms with E-state index >= 15 is 0 Å². The highest BCUT2D eigenvalue weighted by atomic mass is 15.3. The third kappa shape index (κ3) is 1.70. The molecule has 80 valence electrons. The lowest BCUT2D eigenvalue weighted by atomic mass is 10.2. The van der Waals surface area contributed by atoms with Gasteiger partial charge in [0.2, 0.25) is 0 Å². The summed E-state index contributed by atoms with van der Waals surface area (Å²) >= 11 is 0. The summed E-state index contributed by atoms with van der Waals surface area (Å²) in [5, 5.41) is 11.0. The molecule has 2 aromatic rings. The maximum absolute atomic E-state index is 5.53. The van der Waals surface area contributed by atoms with Gasteiger partial charge >= 0.3 is 0 Å². The molecule has 0 aliphatic rings. The maximum Gasteiger partial charge on any atom is 0.176 e. The molecule has 0 unspecified atom stereocenters. The minimum absolute atomic E-state index is 0.310. The number of nitrogen functional groups attached to an aromatic ring is 1. The number of rotatable bonds is 2. The van der Waals surface area contributed by atoms with Gasteiger partial charge in [-0.25, -0.2) is 9.67 Å². The predicted octanol–water partition coefficient (Wildman–Crippen LogP) is 0.911. The van der Waals surface area contributed by atoms with Crippen LogP contribution in [0.25, 0.3) is 11.5 Å². The van der Waals surface area contributed by atoms with Crippen molar-refractivity contribution in [3.63, 3.8) is 0 Å². The van der Waals surface area contributed by atoms with Crippen molar-refractivity contribution in [3.8, 4) is 11.5 Å². The van der Waals surface area contributed by atoms with Crippen LogP contribution in [0.3, 0.4) is 0 Å². The van der Waals surface area contributed by atoms with Gasteiger partial charge in [-0.15, -0.1) is 0 Å². The average molecular weight is 206 g/mol. The molecular formula is C9H14N6. The van der Waals surface area contributed by atoms with Crippen LogP contribution in [0.2, 0.25) is 0 Å². The number of hydrogen-bond acceptors (Lipinski definition) is 4. The molecule has 6 nitrogen and oxygen atoms in total. The van der Waals surface area contributed by atoms with Crippen LogP contribution in [0.1, 0.15) is 25.6 Å². The smallest absolute Gasteiger partial charge is 0.176 e. The highest BCUT2D eigenvalue weighted by Gasteiger charge is 2.13. The number of anilines is 1. The lowest BCUT2D eigenvalue weighted by Gasteiger charge is -1.93. The van der Waals surface area contributed by atoms with Crippen LogP contribution in [-0.4, -0.2) is 25.0 Å². The first-order valence-corrected chi connectivity index (χ1v) is 4.80. The van der Waals surface area contributed by atoms with E-state index in [0.717, 1.165) is 17.3 Å². The van der Waals surface area contributed by atoms with Gasteiger partial charge in [0.25, 0.3) is 0 Å². The summed E-state index contributed by atoms with van der Waals surface area (Å²) in [7, 11) is 1.85. The van der Waals surface area contributed by atoms with E-state index in [-0.39, 0.29) is 0 Å². The Hall–Kier alpha value is -1.85. The molecule has 3 N–H and O–H groups in total. The fourth-order valence-electron chi connectivity index (χ4n) is 1.34. The van der Waals surface area contributed by atoms with E-state index in [1.165, 1.54) is 0 Å². The third-order valence-corrected chi connectivity index (χ3v) is 2.13. The molecule has 2 aromatic heterocycles. The van der Waals surface area contributed by atoms with E-state index in [9.17, 15) is 0 Å². The summed E-state index contributed by atoms with van der Waals surface area (Å²) in [6.07, 6.45) is 0. The van der Waals surface area contributed by atoms with Crippen LogP contribution < -0.4 is 5.73 Å². The molecule has 0 saturated carbocycles. The number of nitrogens with one attached hydrogen (secondary N) is 1. The third-order valence-electron chi connectivity index (χ3n) is 2.13. The molecule has 0 aliphatic carbocycles. The van der Waals surface area contributed by atoms with Gasteiger partial charge in [0.1, 0.15) is 11.5 Å². The average Bonchev–Trinajstić information content (AvgIpc) is 2.71. The molecule has 2 rings (SSSR count). The lowest BCUT2D eigenvalue weighted by Crippen LogP contribution is -1.95. The Morgan fingerprint density at radius 3 is 2.67 bits per heavy atom. The standard InChI is InChI=1S/C9H14N6/c1-5(2)8-11-9(15(3)14-8)6-4-7(10)13-12-6/h4-5H,1-3H3,(H3,10,12,13). The van der Waals surface area contributed by atoms with E-state index in [2.05, 4.69) is 34.1 Å². The van der Waals surface area contributed by atoms with Crippen molar-refractivity contribution < 1.29 is 0 Å². The van der Waals surface area contributed by atoms with Crippen LogP contribution in [-0.2, 0) is 7.05 Å². The molecule has 0 aliphatic heterocycles. The van der Waals surface area contributed by atoms with Gasteiger partial charge < -0.3 is 5.73 Å². The molecule has 0 bridgehead atoms.